The molecule has 3 aliphatic heterocycles. The number of carbonyl (C=O) groups excluding carboxylic acids is 3. The lowest BCUT2D eigenvalue weighted by Crippen LogP contribution is -2.59. The lowest BCUT2D eigenvalue weighted by molar-refractivity contribution is -0.145. The van der Waals surface area contributed by atoms with E-state index >= 15 is 0 Å². The van der Waals surface area contributed by atoms with Crippen LogP contribution in [0.15, 0.2) is 36.4 Å². The van der Waals surface area contributed by atoms with Gasteiger partial charge in [-0.1, -0.05) is 51.2 Å². The number of nitrogens with one attached hydrogen (secondary N) is 2. The number of nitrogens with zero attached hydrogens (tertiary/aromatic N) is 1. The zero-order chi connectivity index (χ0) is 27.1. The molecular weight excluding hydrogens is 494 g/mol. The Bertz CT molecular complexity index is 1130. The van der Waals surface area contributed by atoms with E-state index in [-0.39, 0.29) is 29.8 Å². The summed E-state index contributed by atoms with van der Waals surface area (Å²) in [6, 6.07) is 6.58. The van der Waals surface area contributed by atoms with Crippen LogP contribution in [0.5, 0.6) is 5.75 Å². The van der Waals surface area contributed by atoms with Gasteiger partial charge in [0.1, 0.15) is 17.4 Å². The number of hydrogen-bond acceptors (Lipinski definition) is 5. The summed E-state index contributed by atoms with van der Waals surface area (Å²) < 4.78 is 12.0. The van der Waals surface area contributed by atoms with Crippen LogP contribution in [0.4, 0.5) is 5.69 Å². The van der Waals surface area contributed by atoms with E-state index in [0.29, 0.717) is 18.2 Å². The van der Waals surface area contributed by atoms with E-state index in [0.717, 1.165) is 57.1 Å². The number of amides is 3. The topological polar surface area (TPSA) is 97.0 Å². The maximum Gasteiger partial charge on any atom is 0.246 e. The van der Waals surface area contributed by atoms with Crippen LogP contribution >= 0.6 is 0 Å². The Balaban J connectivity index is 1.28. The summed E-state index contributed by atoms with van der Waals surface area (Å²) in [5.74, 6) is -0.760. The number of benzene rings is 1. The number of likely N-dealkylation sites (tertiary alicyclic amines) is 1. The largest absolute Gasteiger partial charge is 0.494 e. The van der Waals surface area contributed by atoms with Crippen molar-refractivity contribution in [1.82, 2.24) is 10.2 Å². The van der Waals surface area contributed by atoms with Crippen molar-refractivity contribution in [2.24, 2.45) is 17.8 Å². The van der Waals surface area contributed by atoms with E-state index in [2.05, 4.69) is 17.6 Å². The Kier molecular flexibility index (Phi) is 7.16. The number of fused-ring (bicyclic) bond motifs is 1. The number of ether oxygens (including phenoxy) is 2. The Morgan fingerprint density at radius 2 is 1.74 bits per heavy atom. The van der Waals surface area contributed by atoms with Crippen molar-refractivity contribution in [2.75, 3.05) is 11.9 Å². The maximum atomic E-state index is 14.3. The molecule has 0 unspecified atom stereocenters. The fraction of sp³-hybridized carbons (Fsp3) is 0.645. The first kappa shape index (κ1) is 26.4. The normalized spacial score (nSPS) is 35.6. The standard InChI is InChI=1S/C31H41N3O5/c1-3-38-22-15-13-20(14-16-22)32-28(35)25-24-17-18-31(39-24)26(25)30(37)34(21-10-5-4-6-11-21)27(31)29(36)33-23-12-8-7-9-19(23)2/h13-19,21,23-27H,3-12H2,1-2H3,(H,32,35)(H,33,36)/t19-,23+,24-,25+,26-,27-,31-/m0/s1. The van der Waals surface area contributed by atoms with Gasteiger partial charge in [-0.3, -0.25) is 14.4 Å². The SMILES string of the molecule is CCOc1ccc(NC(=O)[C@@H]2[C@@H]3C=C[C@]4(O3)[C@@H]2C(=O)N(C2CCCCC2)[C@H]4C(=O)N[C@@H]2CCCC[C@@H]2C)cc1. The van der Waals surface area contributed by atoms with Crippen molar-refractivity contribution in [3.05, 3.63) is 36.4 Å². The molecule has 2 N–H and O–H groups in total. The minimum absolute atomic E-state index is 0.00312. The van der Waals surface area contributed by atoms with Gasteiger partial charge in [0.15, 0.2) is 0 Å². The van der Waals surface area contributed by atoms with Gasteiger partial charge in [-0.15, -0.1) is 0 Å². The van der Waals surface area contributed by atoms with Gasteiger partial charge in [-0.2, -0.15) is 0 Å². The average Bonchev–Trinajstić information content (AvgIpc) is 3.59. The molecule has 0 aromatic heterocycles. The van der Waals surface area contributed by atoms with E-state index in [1.807, 2.05) is 36.1 Å². The summed E-state index contributed by atoms with van der Waals surface area (Å²) in [7, 11) is 0. The third kappa shape index (κ3) is 4.54. The molecule has 2 aliphatic carbocycles. The summed E-state index contributed by atoms with van der Waals surface area (Å²) in [5, 5.41) is 6.33. The first-order valence-corrected chi connectivity index (χ1v) is 15.0. The molecule has 1 spiro atoms. The number of anilines is 1. The van der Waals surface area contributed by atoms with Crippen molar-refractivity contribution in [1.29, 1.82) is 0 Å². The van der Waals surface area contributed by atoms with Crippen LogP contribution in [-0.2, 0) is 19.1 Å². The summed E-state index contributed by atoms with van der Waals surface area (Å²) >= 11 is 0. The second-order valence-corrected chi connectivity index (χ2v) is 12.1. The zero-order valence-corrected chi connectivity index (χ0v) is 23.1. The number of hydrogen-bond donors (Lipinski definition) is 2. The van der Waals surface area contributed by atoms with E-state index in [1.165, 1.54) is 6.42 Å². The molecule has 1 aromatic carbocycles. The predicted octanol–water partition coefficient (Wildman–Crippen LogP) is 4.20. The third-order valence-corrected chi connectivity index (χ3v) is 9.70. The molecule has 2 saturated carbocycles. The fourth-order valence-corrected chi connectivity index (χ4v) is 7.78. The van der Waals surface area contributed by atoms with Gasteiger partial charge in [0, 0.05) is 17.8 Å². The fourth-order valence-electron chi connectivity index (χ4n) is 7.78. The molecule has 2 bridgehead atoms. The summed E-state index contributed by atoms with van der Waals surface area (Å²) in [6.07, 6.45) is 12.6. The highest BCUT2D eigenvalue weighted by Gasteiger charge is 2.73. The number of rotatable bonds is 7. The van der Waals surface area contributed by atoms with Crippen molar-refractivity contribution in [3.63, 3.8) is 0 Å². The lowest BCUT2D eigenvalue weighted by atomic mass is 9.74. The van der Waals surface area contributed by atoms with Gasteiger partial charge in [0.25, 0.3) is 0 Å². The highest BCUT2D eigenvalue weighted by atomic mass is 16.5. The molecule has 0 radical (unpaired) electrons. The van der Waals surface area contributed by atoms with Crippen LogP contribution < -0.4 is 15.4 Å². The van der Waals surface area contributed by atoms with Crippen molar-refractivity contribution >= 4 is 23.4 Å². The molecule has 8 nitrogen and oxygen atoms in total. The van der Waals surface area contributed by atoms with Crippen LogP contribution in [0.1, 0.15) is 71.6 Å². The van der Waals surface area contributed by atoms with Gasteiger partial charge >= 0.3 is 0 Å². The van der Waals surface area contributed by atoms with Crippen molar-refractivity contribution in [2.45, 2.75) is 101 Å². The Labute approximate surface area is 230 Å². The van der Waals surface area contributed by atoms with Gasteiger partial charge in [-0.05, 0) is 62.8 Å². The highest BCUT2D eigenvalue weighted by Crippen LogP contribution is 2.56. The van der Waals surface area contributed by atoms with Gasteiger partial charge < -0.3 is 25.0 Å². The molecule has 210 valence electrons. The number of carbonyl (C=O) groups is 3. The second kappa shape index (κ2) is 10.6. The average molecular weight is 536 g/mol. The van der Waals surface area contributed by atoms with Crippen molar-refractivity contribution < 1.29 is 23.9 Å². The van der Waals surface area contributed by atoms with Crippen LogP contribution in [-0.4, -0.2) is 59.1 Å². The maximum absolute atomic E-state index is 14.3. The Morgan fingerprint density at radius 1 is 1.03 bits per heavy atom. The summed E-state index contributed by atoms with van der Waals surface area (Å²) in [6.45, 7) is 4.69. The van der Waals surface area contributed by atoms with Gasteiger partial charge in [0.05, 0.1) is 24.5 Å². The molecule has 8 heteroatoms. The summed E-state index contributed by atoms with van der Waals surface area (Å²) in [4.78, 5) is 43.9. The molecular formula is C31H41N3O5. The van der Waals surface area contributed by atoms with E-state index in [1.54, 1.807) is 12.1 Å². The smallest absolute Gasteiger partial charge is 0.246 e. The minimum atomic E-state index is -1.11. The van der Waals surface area contributed by atoms with Crippen molar-refractivity contribution in [3.8, 4) is 5.75 Å². The first-order valence-electron chi connectivity index (χ1n) is 15.0. The van der Waals surface area contributed by atoms with Crippen LogP contribution in [0, 0.1) is 17.8 Å². The predicted molar refractivity (Wildman–Crippen MR) is 147 cm³/mol. The third-order valence-electron chi connectivity index (χ3n) is 9.70. The van der Waals surface area contributed by atoms with E-state index in [9.17, 15) is 14.4 Å². The van der Waals surface area contributed by atoms with E-state index in [4.69, 9.17) is 9.47 Å². The van der Waals surface area contributed by atoms with E-state index < -0.39 is 29.6 Å². The molecule has 3 amide bonds. The molecule has 3 heterocycles. The molecule has 7 atom stereocenters. The summed E-state index contributed by atoms with van der Waals surface area (Å²) in [5.41, 5.74) is -0.471. The van der Waals surface area contributed by atoms with Gasteiger partial charge in [-0.25, -0.2) is 0 Å². The Hall–Kier alpha value is -2.87. The molecule has 1 aromatic rings. The second-order valence-electron chi connectivity index (χ2n) is 12.1. The lowest BCUT2D eigenvalue weighted by Gasteiger charge is -2.40. The first-order chi connectivity index (χ1) is 18.9. The highest BCUT2D eigenvalue weighted by molar-refractivity contribution is 6.03. The van der Waals surface area contributed by atoms with Gasteiger partial charge in [0.2, 0.25) is 17.7 Å². The molecule has 4 fully saturated rings. The monoisotopic (exact) mass is 535 g/mol. The van der Waals surface area contributed by atoms with Crippen LogP contribution in [0.2, 0.25) is 0 Å². The Morgan fingerprint density at radius 3 is 2.46 bits per heavy atom. The van der Waals surface area contributed by atoms with Crippen LogP contribution in [0.25, 0.3) is 0 Å². The minimum Gasteiger partial charge on any atom is -0.494 e. The molecule has 39 heavy (non-hydrogen) atoms. The molecule has 2 saturated heterocycles. The molecule has 6 rings (SSSR count). The zero-order valence-electron chi connectivity index (χ0n) is 23.1. The quantitative estimate of drug-likeness (QED) is 0.510. The molecule has 5 aliphatic rings. The van der Waals surface area contributed by atoms with Crippen LogP contribution in [0.3, 0.4) is 0 Å².